The van der Waals surface area contributed by atoms with E-state index >= 15 is 0 Å². The van der Waals surface area contributed by atoms with Crippen molar-refractivity contribution in [3.8, 4) is 0 Å². The molecule has 1 fully saturated rings. The molecule has 2 unspecified atom stereocenters. The fourth-order valence-corrected chi connectivity index (χ4v) is 1.83. The average Bonchev–Trinajstić information content (AvgIpc) is 2.92. The van der Waals surface area contributed by atoms with Crippen molar-refractivity contribution in [2.24, 2.45) is 0 Å². The number of aliphatic hydroxyl groups is 2. The second-order valence-corrected chi connectivity index (χ2v) is 5.38. The van der Waals surface area contributed by atoms with Crippen molar-refractivity contribution < 1.29 is 19.5 Å². The number of nitrogens with zero attached hydrogens (tertiary/aromatic N) is 3. The maximum Gasteiger partial charge on any atom is 0.331 e. The molecule has 2 rings (SSSR count). The summed E-state index contributed by atoms with van der Waals surface area (Å²) >= 11 is 0. The predicted molar refractivity (Wildman–Crippen MR) is 67.5 cm³/mol. The standard InChI is InChI=1S/C12H19N3O4/c1-5-12(2,3)7-6-8(19-13-7)15-10(17)9(16)14(4)11(15)18/h6,9-10,16-17H,5H2,1-4H3. The molecule has 106 valence electrons. The molecule has 2 N–H and O–H groups in total. The molecule has 0 bridgehead atoms. The highest BCUT2D eigenvalue weighted by Gasteiger charge is 2.45. The Morgan fingerprint density at radius 1 is 1.42 bits per heavy atom. The third-order valence-corrected chi connectivity index (χ3v) is 3.75. The number of hydrogen-bond donors (Lipinski definition) is 2. The Labute approximate surface area is 111 Å². The van der Waals surface area contributed by atoms with E-state index in [2.05, 4.69) is 5.16 Å². The van der Waals surface area contributed by atoms with Gasteiger partial charge in [-0.3, -0.25) is 4.90 Å². The Bertz CT molecular complexity index is 485. The molecule has 2 heterocycles. The first kappa shape index (κ1) is 13.8. The van der Waals surface area contributed by atoms with Crippen molar-refractivity contribution in [2.75, 3.05) is 11.9 Å². The first-order valence-electron chi connectivity index (χ1n) is 6.19. The first-order valence-corrected chi connectivity index (χ1v) is 6.19. The van der Waals surface area contributed by atoms with E-state index in [-0.39, 0.29) is 11.3 Å². The van der Waals surface area contributed by atoms with Crippen molar-refractivity contribution in [3.63, 3.8) is 0 Å². The third-order valence-electron chi connectivity index (χ3n) is 3.75. The maximum atomic E-state index is 11.9. The van der Waals surface area contributed by atoms with E-state index in [4.69, 9.17) is 4.52 Å². The number of aromatic nitrogens is 1. The van der Waals surface area contributed by atoms with Crippen LogP contribution < -0.4 is 4.90 Å². The number of carbonyl (C=O) groups excluding carboxylic acids is 1. The molecule has 1 aromatic rings. The van der Waals surface area contributed by atoms with Gasteiger partial charge in [0.1, 0.15) is 0 Å². The zero-order valence-corrected chi connectivity index (χ0v) is 11.5. The maximum absolute atomic E-state index is 11.9. The summed E-state index contributed by atoms with van der Waals surface area (Å²) in [6.07, 6.45) is -1.78. The highest BCUT2D eigenvalue weighted by molar-refractivity contribution is 5.93. The van der Waals surface area contributed by atoms with Gasteiger partial charge in [-0.15, -0.1) is 0 Å². The van der Waals surface area contributed by atoms with Crippen LogP contribution in [0.2, 0.25) is 0 Å². The summed E-state index contributed by atoms with van der Waals surface area (Å²) in [5.41, 5.74) is 0.522. The lowest BCUT2D eigenvalue weighted by Crippen LogP contribution is -2.36. The summed E-state index contributed by atoms with van der Waals surface area (Å²) in [6, 6.07) is 1.09. The van der Waals surface area contributed by atoms with E-state index in [1.807, 2.05) is 20.8 Å². The summed E-state index contributed by atoms with van der Waals surface area (Å²) in [5.74, 6) is 0.137. The molecule has 7 heteroatoms. The van der Waals surface area contributed by atoms with Gasteiger partial charge in [0.15, 0.2) is 12.5 Å². The first-order chi connectivity index (χ1) is 8.79. The number of aliphatic hydroxyl groups excluding tert-OH is 2. The predicted octanol–water partition coefficient (Wildman–Crippen LogP) is 0.871. The number of carbonyl (C=O) groups is 1. The van der Waals surface area contributed by atoms with E-state index < -0.39 is 18.5 Å². The van der Waals surface area contributed by atoms with Gasteiger partial charge >= 0.3 is 6.03 Å². The lowest BCUT2D eigenvalue weighted by molar-refractivity contribution is -0.0190. The zero-order valence-electron chi connectivity index (χ0n) is 11.5. The lowest BCUT2D eigenvalue weighted by Gasteiger charge is -2.18. The van der Waals surface area contributed by atoms with Crippen molar-refractivity contribution in [1.82, 2.24) is 10.1 Å². The van der Waals surface area contributed by atoms with Gasteiger partial charge in [-0.25, -0.2) is 9.69 Å². The second kappa shape index (κ2) is 4.50. The largest absolute Gasteiger partial charge is 0.369 e. The SMILES string of the molecule is CCC(C)(C)c1cc(N2C(=O)N(C)C(O)C2O)on1. The van der Waals surface area contributed by atoms with Crippen LogP contribution in [0.5, 0.6) is 0 Å². The van der Waals surface area contributed by atoms with Crippen LogP contribution in [0.3, 0.4) is 0 Å². The molecule has 0 saturated carbocycles. The number of likely N-dealkylation sites (N-methyl/N-ethyl adjacent to an activating group) is 1. The van der Waals surface area contributed by atoms with Gasteiger partial charge in [-0.2, -0.15) is 0 Å². The highest BCUT2D eigenvalue weighted by atomic mass is 16.5. The van der Waals surface area contributed by atoms with Crippen molar-refractivity contribution in [1.29, 1.82) is 0 Å². The zero-order chi connectivity index (χ0) is 14.4. The Hall–Kier alpha value is -1.60. The normalized spacial score (nSPS) is 24.4. The quantitative estimate of drug-likeness (QED) is 0.849. The fourth-order valence-electron chi connectivity index (χ4n) is 1.83. The minimum atomic E-state index is -1.36. The summed E-state index contributed by atoms with van der Waals surface area (Å²) in [5, 5.41) is 23.4. The van der Waals surface area contributed by atoms with Crippen LogP contribution >= 0.6 is 0 Å². The smallest absolute Gasteiger partial charge is 0.331 e. The highest BCUT2D eigenvalue weighted by Crippen LogP contribution is 2.32. The van der Waals surface area contributed by atoms with Gasteiger partial charge in [-0.1, -0.05) is 25.9 Å². The van der Waals surface area contributed by atoms with E-state index in [1.165, 1.54) is 7.05 Å². The average molecular weight is 269 g/mol. The summed E-state index contributed by atoms with van der Waals surface area (Å²) in [7, 11) is 1.41. The van der Waals surface area contributed by atoms with Gasteiger partial charge < -0.3 is 14.7 Å². The van der Waals surface area contributed by atoms with Crippen LogP contribution in [-0.4, -0.2) is 45.8 Å². The molecule has 1 aliphatic rings. The van der Waals surface area contributed by atoms with E-state index in [0.29, 0.717) is 5.69 Å². The van der Waals surface area contributed by atoms with Crippen LogP contribution in [0, 0.1) is 0 Å². The topological polar surface area (TPSA) is 90.0 Å². The molecule has 2 atom stereocenters. The van der Waals surface area contributed by atoms with Crippen LogP contribution in [0.4, 0.5) is 10.7 Å². The van der Waals surface area contributed by atoms with Crippen molar-refractivity contribution in [2.45, 2.75) is 45.1 Å². The molecule has 0 aromatic carbocycles. The van der Waals surface area contributed by atoms with Crippen LogP contribution in [-0.2, 0) is 5.41 Å². The minimum absolute atomic E-state index is 0.137. The number of rotatable bonds is 3. The Morgan fingerprint density at radius 2 is 2.05 bits per heavy atom. The molecule has 2 amide bonds. The Morgan fingerprint density at radius 3 is 2.53 bits per heavy atom. The fraction of sp³-hybridized carbons (Fsp3) is 0.667. The van der Waals surface area contributed by atoms with Crippen LogP contribution in [0.15, 0.2) is 10.6 Å². The van der Waals surface area contributed by atoms with Gasteiger partial charge in [0.2, 0.25) is 5.88 Å². The number of anilines is 1. The molecule has 0 spiro atoms. The molecule has 1 saturated heterocycles. The molecular formula is C12H19N3O4. The Kier molecular flexibility index (Phi) is 3.27. The van der Waals surface area contributed by atoms with E-state index in [0.717, 1.165) is 16.2 Å². The molecular weight excluding hydrogens is 250 g/mol. The van der Waals surface area contributed by atoms with Crippen molar-refractivity contribution in [3.05, 3.63) is 11.8 Å². The van der Waals surface area contributed by atoms with Gasteiger partial charge in [0, 0.05) is 18.5 Å². The summed E-state index contributed by atoms with van der Waals surface area (Å²) < 4.78 is 5.13. The number of urea groups is 1. The van der Waals surface area contributed by atoms with Crippen molar-refractivity contribution >= 4 is 11.9 Å². The summed E-state index contributed by atoms with van der Waals surface area (Å²) in [4.78, 5) is 13.9. The van der Waals surface area contributed by atoms with Gasteiger partial charge in [0.25, 0.3) is 0 Å². The van der Waals surface area contributed by atoms with Gasteiger partial charge in [0.05, 0.1) is 5.69 Å². The molecule has 7 nitrogen and oxygen atoms in total. The Balaban J connectivity index is 2.31. The number of amides is 2. The van der Waals surface area contributed by atoms with Crippen LogP contribution in [0.25, 0.3) is 0 Å². The van der Waals surface area contributed by atoms with Gasteiger partial charge in [-0.05, 0) is 6.42 Å². The molecule has 0 radical (unpaired) electrons. The summed E-state index contributed by atoms with van der Waals surface area (Å²) in [6.45, 7) is 6.05. The molecule has 1 aliphatic heterocycles. The number of hydrogen-bond acceptors (Lipinski definition) is 5. The van der Waals surface area contributed by atoms with E-state index in [1.54, 1.807) is 6.07 Å². The molecule has 0 aliphatic carbocycles. The van der Waals surface area contributed by atoms with Crippen LogP contribution in [0.1, 0.15) is 32.9 Å². The minimum Gasteiger partial charge on any atom is -0.369 e. The molecule has 1 aromatic heterocycles. The second-order valence-electron chi connectivity index (χ2n) is 5.38. The van der Waals surface area contributed by atoms with E-state index in [9.17, 15) is 15.0 Å². The monoisotopic (exact) mass is 269 g/mol. The third kappa shape index (κ3) is 2.08. The lowest BCUT2D eigenvalue weighted by atomic mass is 9.87. The molecule has 19 heavy (non-hydrogen) atoms.